The van der Waals surface area contributed by atoms with E-state index in [1.807, 2.05) is 30.3 Å². The summed E-state index contributed by atoms with van der Waals surface area (Å²) in [6.07, 6.45) is 1.81. The number of rotatable bonds is 7. The number of nitro benzene ring substituents is 1. The minimum Gasteiger partial charge on any atom is -0.320 e. The predicted molar refractivity (Wildman–Crippen MR) is 106 cm³/mol. The van der Waals surface area contributed by atoms with Gasteiger partial charge in [0, 0.05) is 30.5 Å². The van der Waals surface area contributed by atoms with Gasteiger partial charge in [0.05, 0.1) is 4.92 Å². The summed E-state index contributed by atoms with van der Waals surface area (Å²) < 4.78 is 0. The largest absolute Gasteiger partial charge is 0.320 e. The molecule has 0 aliphatic carbocycles. The maximum atomic E-state index is 12.5. The smallest absolute Gasteiger partial charge is 0.292 e. The van der Waals surface area contributed by atoms with Gasteiger partial charge >= 0.3 is 0 Å². The topological polar surface area (TPSA) is 92.6 Å². The van der Waals surface area contributed by atoms with Crippen molar-refractivity contribution in [3.8, 4) is 0 Å². The first kappa shape index (κ1) is 19.7. The van der Waals surface area contributed by atoms with Crippen LogP contribution in [0.1, 0.15) is 29.6 Å². The van der Waals surface area contributed by atoms with Gasteiger partial charge < -0.3 is 10.2 Å². The molecular formula is C21H23N3O4. The van der Waals surface area contributed by atoms with E-state index in [-0.39, 0.29) is 35.4 Å². The number of hydrogen-bond acceptors (Lipinski definition) is 5. The fourth-order valence-corrected chi connectivity index (χ4v) is 3.47. The zero-order valence-corrected chi connectivity index (χ0v) is 15.5. The Balaban J connectivity index is 1.45. The number of anilines is 1. The molecule has 0 radical (unpaired) electrons. The van der Waals surface area contributed by atoms with E-state index in [1.165, 1.54) is 12.1 Å². The summed E-state index contributed by atoms with van der Waals surface area (Å²) in [6.45, 7) is 2.10. The third-order valence-electron chi connectivity index (χ3n) is 5.05. The van der Waals surface area contributed by atoms with Crippen LogP contribution >= 0.6 is 0 Å². The third-order valence-corrected chi connectivity index (χ3v) is 5.05. The summed E-state index contributed by atoms with van der Waals surface area (Å²) >= 11 is 0. The first-order valence-electron chi connectivity index (χ1n) is 9.39. The van der Waals surface area contributed by atoms with Gasteiger partial charge in [-0.3, -0.25) is 19.7 Å². The lowest BCUT2D eigenvalue weighted by molar-refractivity contribution is -0.383. The van der Waals surface area contributed by atoms with Crippen LogP contribution in [0.15, 0.2) is 54.6 Å². The summed E-state index contributed by atoms with van der Waals surface area (Å²) in [4.78, 5) is 37.4. The van der Waals surface area contributed by atoms with Crippen molar-refractivity contribution in [1.29, 1.82) is 0 Å². The minimum atomic E-state index is -0.510. The lowest BCUT2D eigenvalue weighted by atomic mass is 9.89. The molecule has 0 atom stereocenters. The normalized spacial score (nSPS) is 15.1. The first-order valence-corrected chi connectivity index (χ1v) is 9.39. The van der Waals surface area contributed by atoms with Crippen molar-refractivity contribution in [3.05, 3.63) is 70.3 Å². The van der Waals surface area contributed by atoms with Crippen LogP contribution in [0.2, 0.25) is 0 Å². The number of piperidine rings is 1. The number of ketones is 1. The summed E-state index contributed by atoms with van der Waals surface area (Å²) in [6, 6.07) is 15.4. The molecule has 1 amide bonds. The molecule has 3 rings (SSSR count). The number of carbonyl (C=O) groups is 2. The van der Waals surface area contributed by atoms with Gasteiger partial charge in [0.25, 0.3) is 5.69 Å². The Hall–Kier alpha value is -3.06. The molecule has 7 heteroatoms. The highest BCUT2D eigenvalue weighted by Gasteiger charge is 2.26. The molecule has 7 nitrogen and oxygen atoms in total. The highest BCUT2D eigenvalue weighted by molar-refractivity contribution is 5.97. The molecule has 0 spiro atoms. The molecule has 1 heterocycles. The Morgan fingerprint density at radius 1 is 1.04 bits per heavy atom. The quantitative estimate of drug-likeness (QED) is 0.450. The number of nitrogens with one attached hydrogen (secondary N) is 1. The molecule has 1 aliphatic heterocycles. The molecule has 1 N–H and O–H groups in total. The lowest BCUT2D eigenvalue weighted by Crippen LogP contribution is -2.38. The SMILES string of the molecule is O=C(CCN1CCC(C(=O)c2ccccc2)CC1)Nc1ccccc1[N+](=O)[O-]. The van der Waals surface area contributed by atoms with Crippen molar-refractivity contribution in [2.75, 3.05) is 25.0 Å². The monoisotopic (exact) mass is 381 g/mol. The van der Waals surface area contributed by atoms with E-state index in [2.05, 4.69) is 10.2 Å². The van der Waals surface area contributed by atoms with Crippen LogP contribution < -0.4 is 5.32 Å². The summed E-state index contributed by atoms with van der Waals surface area (Å²) in [5.41, 5.74) is 0.852. The van der Waals surface area contributed by atoms with Gasteiger partial charge in [-0.05, 0) is 32.0 Å². The molecule has 1 saturated heterocycles. The average molecular weight is 381 g/mol. The van der Waals surface area contributed by atoms with Crippen LogP contribution in [-0.2, 0) is 4.79 Å². The summed E-state index contributed by atoms with van der Waals surface area (Å²) in [5, 5.41) is 13.6. The molecule has 1 aliphatic rings. The second kappa shape index (κ2) is 9.23. The maximum absolute atomic E-state index is 12.5. The van der Waals surface area contributed by atoms with E-state index in [4.69, 9.17) is 0 Å². The van der Waals surface area contributed by atoms with E-state index in [0.717, 1.165) is 31.5 Å². The molecule has 0 bridgehead atoms. The van der Waals surface area contributed by atoms with E-state index in [0.29, 0.717) is 6.54 Å². The Bertz CT molecular complexity index is 846. The van der Waals surface area contributed by atoms with Crippen molar-refractivity contribution >= 4 is 23.1 Å². The molecule has 28 heavy (non-hydrogen) atoms. The number of nitrogens with zero attached hydrogens (tertiary/aromatic N) is 2. The van der Waals surface area contributed by atoms with Gasteiger partial charge in [0.1, 0.15) is 5.69 Å². The molecular weight excluding hydrogens is 358 g/mol. The second-order valence-electron chi connectivity index (χ2n) is 6.92. The highest BCUT2D eigenvalue weighted by Crippen LogP contribution is 2.24. The summed E-state index contributed by atoms with van der Waals surface area (Å²) in [7, 11) is 0. The molecule has 2 aromatic carbocycles. The highest BCUT2D eigenvalue weighted by atomic mass is 16.6. The molecule has 0 saturated carbocycles. The Morgan fingerprint density at radius 3 is 2.36 bits per heavy atom. The fourth-order valence-electron chi connectivity index (χ4n) is 3.47. The number of hydrogen-bond donors (Lipinski definition) is 1. The molecule has 146 valence electrons. The minimum absolute atomic E-state index is 0.0273. The van der Waals surface area contributed by atoms with Gasteiger partial charge in [-0.2, -0.15) is 0 Å². The van der Waals surface area contributed by atoms with Gasteiger partial charge in [-0.25, -0.2) is 0 Å². The molecule has 0 aromatic heterocycles. The number of amides is 1. The number of carbonyl (C=O) groups excluding carboxylic acids is 2. The number of para-hydroxylation sites is 2. The van der Waals surface area contributed by atoms with Crippen molar-refractivity contribution < 1.29 is 14.5 Å². The van der Waals surface area contributed by atoms with Crippen LogP contribution in [0.25, 0.3) is 0 Å². The number of likely N-dealkylation sites (tertiary alicyclic amines) is 1. The van der Waals surface area contributed by atoms with Crippen molar-refractivity contribution in [2.24, 2.45) is 5.92 Å². The molecule has 2 aromatic rings. The van der Waals surface area contributed by atoms with Gasteiger partial charge in [0.2, 0.25) is 5.91 Å². The van der Waals surface area contributed by atoms with Crippen LogP contribution in [0.3, 0.4) is 0 Å². The molecule has 0 unspecified atom stereocenters. The number of Topliss-reactive ketones (excluding diaryl/α,β-unsaturated/α-hetero) is 1. The van der Waals surface area contributed by atoms with E-state index < -0.39 is 4.92 Å². The van der Waals surface area contributed by atoms with E-state index >= 15 is 0 Å². The van der Waals surface area contributed by atoms with Gasteiger partial charge in [-0.15, -0.1) is 0 Å². The standard InChI is InChI=1S/C21H23N3O4/c25-20(22-18-8-4-5-9-19(18)24(27)28)12-15-23-13-10-17(11-14-23)21(26)16-6-2-1-3-7-16/h1-9,17H,10-15H2,(H,22,25). The fraction of sp³-hybridized carbons (Fsp3) is 0.333. The first-order chi connectivity index (χ1) is 13.5. The second-order valence-corrected chi connectivity index (χ2v) is 6.92. The Morgan fingerprint density at radius 2 is 1.68 bits per heavy atom. The van der Waals surface area contributed by atoms with E-state index in [9.17, 15) is 19.7 Å². The van der Waals surface area contributed by atoms with Gasteiger partial charge in [-0.1, -0.05) is 42.5 Å². The lowest BCUT2D eigenvalue weighted by Gasteiger charge is -2.31. The number of benzene rings is 2. The van der Waals surface area contributed by atoms with Crippen LogP contribution in [0.5, 0.6) is 0 Å². The van der Waals surface area contributed by atoms with Crippen LogP contribution in [-0.4, -0.2) is 41.1 Å². The number of nitro groups is 1. The van der Waals surface area contributed by atoms with Crippen LogP contribution in [0, 0.1) is 16.0 Å². The van der Waals surface area contributed by atoms with Crippen molar-refractivity contribution in [2.45, 2.75) is 19.3 Å². The third kappa shape index (κ3) is 5.01. The Labute approximate surface area is 163 Å². The van der Waals surface area contributed by atoms with Crippen molar-refractivity contribution in [3.63, 3.8) is 0 Å². The predicted octanol–water partition coefficient (Wildman–Crippen LogP) is 3.52. The Kier molecular flexibility index (Phi) is 6.49. The van der Waals surface area contributed by atoms with Gasteiger partial charge in [0.15, 0.2) is 5.78 Å². The maximum Gasteiger partial charge on any atom is 0.292 e. The van der Waals surface area contributed by atoms with Crippen molar-refractivity contribution in [1.82, 2.24) is 4.90 Å². The zero-order valence-electron chi connectivity index (χ0n) is 15.5. The molecule has 1 fully saturated rings. The zero-order chi connectivity index (χ0) is 19.9. The average Bonchev–Trinajstić information content (AvgIpc) is 2.73. The van der Waals surface area contributed by atoms with E-state index in [1.54, 1.807) is 12.1 Å². The summed E-state index contributed by atoms with van der Waals surface area (Å²) in [5.74, 6) is -0.0365. The van der Waals surface area contributed by atoms with Crippen LogP contribution in [0.4, 0.5) is 11.4 Å².